The molecule has 4 rings (SSSR count). The van der Waals surface area contributed by atoms with Gasteiger partial charge in [0.2, 0.25) is 0 Å². The number of cyclic esters (lactones) is 1. The fourth-order valence-electron chi connectivity index (χ4n) is 2.88. The molecule has 30 heavy (non-hydrogen) atoms. The molecule has 0 fully saturated rings. The van der Waals surface area contributed by atoms with E-state index in [9.17, 15) is 4.79 Å². The van der Waals surface area contributed by atoms with Crippen molar-refractivity contribution in [2.75, 3.05) is 7.11 Å². The van der Waals surface area contributed by atoms with E-state index >= 15 is 0 Å². The summed E-state index contributed by atoms with van der Waals surface area (Å²) in [6.07, 6.45) is 3.11. The summed E-state index contributed by atoms with van der Waals surface area (Å²) < 4.78 is 22.6. The fraction of sp³-hybridized carbons (Fsp3) is 0.130. The molecule has 2 heterocycles. The highest BCUT2D eigenvalue weighted by atomic mass is 79.9. The van der Waals surface area contributed by atoms with Crippen LogP contribution >= 0.6 is 15.9 Å². The molecule has 0 aliphatic carbocycles. The number of carbonyl (C=O) groups is 1. The van der Waals surface area contributed by atoms with E-state index in [-0.39, 0.29) is 11.6 Å². The molecule has 3 aromatic rings. The summed E-state index contributed by atoms with van der Waals surface area (Å²) in [5.74, 6) is 1.10. The Labute approximate surface area is 181 Å². The summed E-state index contributed by atoms with van der Waals surface area (Å²) in [7, 11) is 1.56. The van der Waals surface area contributed by atoms with Crippen molar-refractivity contribution < 1.29 is 23.4 Å². The molecule has 0 bridgehead atoms. The number of hydrogen-bond acceptors (Lipinski definition) is 6. The highest BCUT2D eigenvalue weighted by molar-refractivity contribution is 9.10. The van der Waals surface area contributed by atoms with E-state index in [1.165, 1.54) is 11.8 Å². The van der Waals surface area contributed by atoms with Crippen molar-refractivity contribution in [3.63, 3.8) is 0 Å². The van der Waals surface area contributed by atoms with E-state index < -0.39 is 5.97 Å². The standard InChI is InChI=1S/C23H18BrNO5/c1-14-5-7-15(8-6-14)13-29-21-17(24)10-16(12-20(21)27-2)11-18-23(26)30-22(25-18)19-4-3-9-28-19/h3-12H,13H2,1-2H3/b18-11-. The number of ether oxygens (including phenoxy) is 3. The number of carbonyl (C=O) groups excluding carboxylic acids is 1. The molecular weight excluding hydrogens is 450 g/mol. The van der Waals surface area contributed by atoms with E-state index in [1.54, 1.807) is 31.4 Å². The lowest BCUT2D eigenvalue weighted by Crippen LogP contribution is -2.04. The van der Waals surface area contributed by atoms with Crippen molar-refractivity contribution in [3.8, 4) is 11.5 Å². The monoisotopic (exact) mass is 467 g/mol. The summed E-state index contributed by atoms with van der Waals surface area (Å²) in [6.45, 7) is 2.44. The number of halogens is 1. The van der Waals surface area contributed by atoms with Crippen LogP contribution in [0.5, 0.6) is 11.5 Å². The fourth-order valence-corrected chi connectivity index (χ4v) is 3.45. The molecule has 7 heteroatoms. The van der Waals surface area contributed by atoms with Crippen LogP contribution in [0.1, 0.15) is 22.5 Å². The van der Waals surface area contributed by atoms with Crippen LogP contribution in [-0.4, -0.2) is 19.0 Å². The Morgan fingerprint density at radius 1 is 1.17 bits per heavy atom. The second kappa shape index (κ2) is 8.59. The van der Waals surface area contributed by atoms with Crippen molar-refractivity contribution >= 4 is 33.9 Å². The maximum atomic E-state index is 12.2. The van der Waals surface area contributed by atoms with Gasteiger partial charge in [0, 0.05) is 0 Å². The van der Waals surface area contributed by atoms with Crippen molar-refractivity contribution in [3.05, 3.63) is 87.4 Å². The second-order valence-corrected chi connectivity index (χ2v) is 7.48. The van der Waals surface area contributed by atoms with E-state index in [0.717, 1.165) is 5.56 Å². The highest BCUT2D eigenvalue weighted by Gasteiger charge is 2.26. The Kier molecular flexibility index (Phi) is 5.72. The molecular formula is C23H18BrNO5. The molecule has 152 valence electrons. The molecule has 0 saturated heterocycles. The lowest BCUT2D eigenvalue weighted by atomic mass is 10.1. The largest absolute Gasteiger partial charge is 0.493 e. The van der Waals surface area contributed by atoms with Gasteiger partial charge in [-0.25, -0.2) is 9.79 Å². The SMILES string of the molecule is COc1cc(/C=C2\N=C(c3ccco3)OC2=O)cc(Br)c1OCc1ccc(C)cc1. The number of rotatable bonds is 6. The first kappa shape index (κ1) is 20.0. The Hall–Kier alpha value is -3.32. The quantitative estimate of drug-likeness (QED) is 0.364. The molecule has 0 N–H and O–H groups in total. The van der Waals surface area contributed by atoms with Gasteiger partial charge in [-0.15, -0.1) is 0 Å². The van der Waals surface area contributed by atoms with Gasteiger partial charge in [-0.3, -0.25) is 0 Å². The van der Waals surface area contributed by atoms with Crippen molar-refractivity contribution in [1.82, 2.24) is 0 Å². The smallest absolute Gasteiger partial charge is 0.363 e. The number of aryl methyl sites for hydroxylation is 1. The average molecular weight is 468 g/mol. The predicted octanol–water partition coefficient (Wildman–Crippen LogP) is 5.28. The van der Waals surface area contributed by atoms with Gasteiger partial charge < -0.3 is 18.6 Å². The van der Waals surface area contributed by atoms with Crippen LogP contribution in [0.3, 0.4) is 0 Å². The molecule has 0 atom stereocenters. The summed E-state index contributed by atoms with van der Waals surface area (Å²) in [5.41, 5.74) is 3.12. The van der Waals surface area contributed by atoms with E-state index in [0.29, 0.717) is 33.9 Å². The zero-order valence-electron chi connectivity index (χ0n) is 16.3. The second-order valence-electron chi connectivity index (χ2n) is 6.62. The molecule has 2 aromatic carbocycles. The number of furan rings is 1. The molecule has 1 aromatic heterocycles. The topological polar surface area (TPSA) is 70.3 Å². The van der Waals surface area contributed by atoms with Gasteiger partial charge in [-0.2, -0.15) is 0 Å². The Morgan fingerprint density at radius 2 is 1.97 bits per heavy atom. The minimum atomic E-state index is -0.545. The lowest BCUT2D eigenvalue weighted by Gasteiger charge is -2.14. The molecule has 0 unspecified atom stereocenters. The number of methoxy groups -OCH3 is 1. The number of esters is 1. The Balaban J connectivity index is 1.58. The highest BCUT2D eigenvalue weighted by Crippen LogP contribution is 2.38. The van der Waals surface area contributed by atoms with Gasteiger partial charge >= 0.3 is 5.97 Å². The Morgan fingerprint density at radius 3 is 2.67 bits per heavy atom. The van der Waals surface area contributed by atoms with Crippen LogP contribution in [0.4, 0.5) is 0 Å². The molecule has 0 saturated carbocycles. The Bertz CT molecular complexity index is 1130. The van der Waals surface area contributed by atoms with Crippen LogP contribution in [-0.2, 0) is 16.1 Å². The first-order valence-electron chi connectivity index (χ1n) is 9.16. The minimum Gasteiger partial charge on any atom is -0.493 e. The van der Waals surface area contributed by atoms with Gasteiger partial charge in [0.1, 0.15) is 6.61 Å². The first-order valence-corrected chi connectivity index (χ1v) is 9.95. The third-order valence-electron chi connectivity index (χ3n) is 4.41. The number of aliphatic imine (C=N–C) groups is 1. The lowest BCUT2D eigenvalue weighted by molar-refractivity contribution is -0.130. The van der Waals surface area contributed by atoms with Crippen LogP contribution in [0.15, 0.2) is 74.4 Å². The number of nitrogens with zero attached hydrogens (tertiary/aromatic N) is 1. The molecule has 6 nitrogen and oxygen atoms in total. The zero-order valence-corrected chi connectivity index (χ0v) is 17.9. The van der Waals surface area contributed by atoms with Gasteiger partial charge in [-0.1, -0.05) is 29.8 Å². The van der Waals surface area contributed by atoms with Crippen LogP contribution in [0, 0.1) is 6.92 Å². The summed E-state index contributed by atoms with van der Waals surface area (Å²) >= 11 is 3.53. The average Bonchev–Trinajstić information content (AvgIpc) is 3.38. The van der Waals surface area contributed by atoms with E-state index in [2.05, 4.69) is 20.9 Å². The van der Waals surface area contributed by atoms with Crippen LogP contribution in [0.2, 0.25) is 0 Å². The summed E-state index contributed by atoms with van der Waals surface area (Å²) in [5, 5.41) is 0. The summed E-state index contributed by atoms with van der Waals surface area (Å²) in [4.78, 5) is 16.4. The normalized spacial score (nSPS) is 14.6. The molecule has 0 spiro atoms. The van der Waals surface area contributed by atoms with Gasteiger partial charge in [0.05, 0.1) is 17.8 Å². The molecule has 1 aliphatic rings. The number of hydrogen-bond donors (Lipinski definition) is 0. The van der Waals surface area contributed by atoms with E-state index in [4.69, 9.17) is 18.6 Å². The maximum Gasteiger partial charge on any atom is 0.363 e. The van der Waals surface area contributed by atoms with E-state index in [1.807, 2.05) is 37.3 Å². The maximum absolute atomic E-state index is 12.2. The van der Waals surface area contributed by atoms with Crippen LogP contribution in [0.25, 0.3) is 6.08 Å². The molecule has 0 radical (unpaired) electrons. The van der Waals surface area contributed by atoms with Gasteiger partial charge in [0.25, 0.3) is 5.90 Å². The third kappa shape index (κ3) is 4.31. The van der Waals surface area contributed by atoms with Crippen molar-refractivity contribution in [2.45, 2.75) is 13.5 Å². The minimum absolute atomic E-state index is 0.139. The molecule has 1 aliphatic heterocycles. The third-order valence-corrected chi connectivity index (χ3v) is 5.00. The predicted molar refractivity (Wildman–Crippen MR) is 116 cm³/mol. The van der Waals surface area contributed by atoms with Crippen LogP contribution < -0.4 is 9.47 Å². The molecule has 0 amide bonds. The summed E-state index contributed by atoms with van der Waals surface area (Å²) in [6, 6.07) is 15.1. The first-order chi connectivity index (χ1) is 14.5. The van der Waals surface area contributed by atoms with Gasteiger partial charge in [0.15, 0.2) is 23.0 Å². The number of benzene rings is 2. The van der Waals surface area contributed by atoms with Crippen molar-refractivity contribution in [1.29, 1.82) is 0 Å². The van der Waals surface area contributed by atoms with Crippen molar-refractivity contribution in [2.24, 2.45) is 4.99 Å². The van der Waals surface area contributed by atoms with Gasteiger partial charge in [-0.05, 0) is 64.3 Å². The zero-order chi connectivity index (χ0) is 21.1.